The van der Waals surface area contributed by atoms with Crippen molar-refractivity contribution in [3.8, 4) is 0 Å². The van der Waals surface area contributed by atoms with Gasteiger partial charge in [0.15, 0.2) is 3.79 Å². The van der Waals surface area contributed by atoms with Gasteiger partial charge in [-0.1, -0.05) is 34.8 Å². The zero-order valence-corrected chi connectivity index (χ0v) is 11.7. The fourth-order valence-electron chi connectivity index (χ4n) is 0.754. The van der Waals surface area contributed by atoms with Crippen LogP contribution in [0.25, 0.3) is 0 Å². The molecule has 0 unspecified atom stereocenters. The molecule has 0 aliphatic rings. The fraction of sp³-hybridized carbons (Fsp3) is 0.500. The molecule has 1 aromatic heterocycles. The van der Waals surface area contributed by atoms with Crippen LogP contribution in [0.3, 0.4) is 0 Å². The lowest BCUT2D eigenvalue weighted by molar-refractivity contribution is 0.572. The predicted molar refractivity (Wildman–Crippen MR) is 62.5 cm³/mol. The van der Waals surface area contributed by atoms with Crippen molar-refractivity contribution in [1.82, 2.24) is 9.78 Å². The van der Waals surface area contributed by atoms with Gasteiger partial charge in [0.2, 0.25) is 0 Å². The smallest absolute Gasteiger partial charge is 0.192 e. The van der Waals surface area contributed by atoms with Crippen molar-refractivity contribution in [3.05, 3.63) is 15.3 Å². The van der Waals surface area contributed by atoms with Crippen LogP contribution < -0.4 is 0 Å². The molecule has 0 fully saturated rings. The Bertz CT molecular complexity index is 295. The highest BCUT2D eigenvalue weighted by Gasteiger charge is 2.19. The summed E-state index contributed by atoms with van der Waals surface area (Å²) < 4.78 is 2.10. The number of aromatic nitrogens is 2. The molecule has 0 bridgehead atoms. The van der Waals surface area contributed by atoms with Crippen molar-refractivity contribution in [2.45, 2.75) is 16.8 Å². The number of alkyl halides is 3. The van der Waals surface area contributed by atoms with Crippen molar-refractivity contribution in [1.29, 1.82) is 0 Å². The van der Waals surface area contributed by atoms with Gasteiger partial charge in [-0.05, 0) is 31.9 Å². The van der Waals surface area contributed by atoms with E-state index in [0.717, 1.165) is 9.21 Å². The van der Waals surface area contributed by atoms with Crippen LogP contribution in [0.15, 0.2) is 15.3 Å². The Morgan fingerprint density at radius 2 is 2.00 bits per heavy atom. The van der Waals surface area contributed by atoms with Crippen LogP contribution in [0.4, 0.5) is 0 Å². The van der Waals surface area contributed by atoms with Gasteiger partial charge in [0.05, 0.1) is 0 Å². The molecule has 0 radical (unpaired) electrons. The number of rotatable bonds is 2. The van der Waals surface area contributed by atoms with Crippen LogP contribution >= 0.6 is 66.7 Å². The van der Waals surface area contributed by atoms with Crippen LogP contribution in [-0.4, -0.2) is 13.6 Å². The largest absolute Gasteiger partial charge is 0.257 e. The third-order valence-electron chi connectivity index (χ3n) is 1.31. The Kier molecular flexibility index (Phi) is 4.39. The molecular formula is C6H5Br2Cl3N2. The average molecular weight is 371 g/mol. The summed E-state index contributed by atoms with van der Waals surface area (Å²) in [6.07, 6.45) is 0.421. The van der Waals surface area contributed by atoms with Gasteiger partial charge in [-0.2, -0.15) is 5.10 Å². The molecule has 0 aromatic carbocycles. The summed E-state index contributed by atoms with van der Waals surface area (Å²) in [7, 11) is 0. The van der Waals surface area contributed by atoms with E-state index >= 15 is 0 Å². The normalized spacial score (nSPS) is 12.1. The van der Waals surface area contributed by atoms with Crippen LogP contribution in [0, 0.1) is 0 Å². The molecule has 0 atom stereocenters. The number of aryl methyl sites for hydroxylation is 1. The molecule has 1 heterocycles. The first-order valence-electron chi connectivity index (χ1n) is 3.34. The monoisotopic (exact) mass is 368 g/mol. The lowest BCUT2D eigenvalue weighted by Gasteiger charge is -2.10. The molecular weight excluding hydrogens is 366 g/mol. The number of hydrogen-bond acceptors (Lipinski definition) is 1. The molecule has 2 nitrogen and oxygen atoms in total. The SMILES string of the molecule is ClC(Cl)(Cl)CCn1nc(Br)cc1Br. The predicted octanol–water partition coefficient (Wildman–Crippen LogP) is 4.17. The lowest BCUT2D eigenvalue weighted by atomic mass is 10.5. The van der Waals surface area contributed by atoms with Gasteiger partial charge in [-0.15, -0.1) is 0 Å². The summed E-state index contributed by atoms with van der Waals surface area (Å²) in [4.78, 5) is 0. The molecule has 74 valence electrons. The Morgan fingerprint density at radius 3 is 2.38 bits per heavy atom. The van der Waals surface area contributed by atoms with Gasteiger partial charge >= 0.3 is 0 Å². The zero-order chi connectivity index (χ0) is 10.1. The van der Waals surface area contributed by atoms with Crippen molar-refractivity contribution in [2.75, 3.05) is 0 Å². The molecule has 13 heavy (non-hydrogen) atoms. The van der Waals surface area contributed by atoms with Gasteiger partial charge in [0.25, 0.3) is 0 Å². The van der Waals surface area contributed by atoms with Gasteiger partial charge in [0, 0.05) is 19.0 Å². The van der Waals surface area contributed by atoms with Crippen LogP contribution in [-0.2, 0) is 6.54 Å². The Labute approximate surface area is 108 Å². The van der Waals surface area contributed by atoms with Crippen molar-refractivity contribution in [3.63, 3.8) is 0 Å². The molecule has 0 spiro atoms. The van der Waals surface area contributed by atoms with Crippen molar-refractivity contribution in [2.24, 2.45) is 0 Å². The molecule has 0 amide bonds. The minimum Gasteiger partial charge on any atom is -0.257 e. The second kappa shape index (κ2) is 4.71. The molecule has 1 aromatic rings. The summed E-state index contributed by atoms with van der Waals surface area (Å²) in [6, 6.07) is 1.83. The summed E-state index contributed by atoms with van der Waals surface area (Å²) in [5.74, 6) is 0. The maximum Gasteiger partial charge on any atom is 0.192 e. The van der Waals surface area contributed by atoms with Gasteiger partial charge in [-0.3, -0.25) is 4.68 Å². The third kappa shape index (κ3) is 4.38. The van der Waals surface area contributed by atoms with E-state index in [1.54, 1.807) is 4.68 Å². The van der Waals surface area contributed by atoms with Gasteiger partial charge in [0.1, 0.15) is 9.21 Å². The first-order valence-corrected chi connectivity index (χ1v) is 6.06. The molecule has 0 saturated carbocycles. The van der Waals surface area contributed by atoms with E-state index < -0.39 is 3.79 Å². The minimum atomic E-state index is -1.22. The topological polar surface area (TPSA) is 17.8 Å². The van der Waals surface area contributed by atoms with Crippen molar-refractivity contribution >= 4 is 66.7 Å². The van der Waals surface area contributed by atoms with Gasteiger partial charge < -0.3 is 0 Å². The standard InChI is InChI=1S/C6H5Br2Cl3N2/c7-4-3-5(8)13(12-4)2-1-6(9,10)11/h3H,1-2H2. The van der Waals surface area contributed by atoms with E-state index in [2.05, 4.69) is 37.0 Å². The Morgan fingerprint density at radius 1 is 1.38 bits per heavy atom. The summed E-state index contributed by atoms with van der Waals surface area (Å²) in [5.41, 5.74) is 0. The quantitative estimate of drug-likeness (QED) is 0.714. The van der Waals surface area contributed by atoms with Crippen LogP contribution in [0.2, 0.25) is 0 Å². The Balaban J connectivity index is 2.59. The first-order chi connectivity index (χ1) is 5.88. The lowest BCUT2D eigenvalue weighted by Crippen LogP contribution is -2.09. The summed E-state index contributed by atoms with van der Waals surface area (Å²) in [5, 5.41) is 4.12. The summed E-state index contributed by atoms with van der Waals surface area (Å²) in [6.45, 7) is 0.558. The number of hydrogen-bond donors (Lipinski definition) is 0. The Hall–Kier alpha value is 1.04. The maximum atomic E-state index is 5.60. The van der Waals surface area contributed by atoms with E-state index in [9.17, 15) is 0 Å². The maximum absolute atomic E-state index is 5.60. The minimum absolute atomic E-state index is 0.421. The highest BCUT2D eigenvalue weighted by Crippen LogP contribution is 2.31. The van der Waals surface area contributed by atoms with E-state index in [1.807, 2.05) is 6.07 Å². The second-order valence-electron chi connectivity index (χ2n) is 2.38. The van der Waals surface area contributed by atoms with E-state index in [1.165, 1.54) is 0 Å². The highest BCUT2D eigenvalue weighted by atomic mass is 79.9. The fourth-order valence-corrected chi connectivity index (χ4v) is 2.20. The molecule has 0 saturated heterocycles. The van der Waals surface area contributed by atoms with E-state index in [4.69, 9.17) is 34.8 Å². The summed E-state index contributed by atoms with van der Waals surface area (Å²) >= 11 is 23.4. The third-order valence-corrected chi connectivity index (χ3v) is 2.90. The highest BCUT2D eigenvalue weighted by molar-refractivity contribution is 9.11. The second-order valence-corrected chi connectivity index (χ2v) is 6.52. The van der Waals surface area contributed by atoms with Crippen molar-refractivity contribution < 1.29 is 0 Å². The molecule has 0 N–H and O–H groups in total. The van der Waals surface area contributed by atoms with Crippen LogP contribution in [0.1, 0.15) is 6.42 Å². The zero-order valence-electron chi connectivity index (χ0n) is 6.28. The molecule has 0 aliphatic carbocycles. The molecule has 0 aliphatic heterocycles. The van der Waals surface area contributed by atoms with E-state index in [0.29, 0.717) is 13.0 Å². The molecule has 1 rings (SSSR count). The average Bonchev–Trinajstić information content (AvgIpc) is 2.24. The van der Waals surface area contributed by atoms with Gasteiger partial charge in [-0.25, -0.2) is 0 Å². The van der Waals surface area contributed by atoms with E-state index in [-0.39, 0.29) is 0 Å². The number of nitrogens with zero attached hydrogens (tertiary/aromatic N) is 2. The molecule has 7 heteroatoms. The first kappa shape index (κ1) is 12.1. The number of halogens is 5. The van der Waals surface area contributed by atoms with Crippen LogP contribution in [0.5, 0.6) is 0 Å².